The number of hydrogen-bond acceptors (Lipinski definition) is 2. The van der Waals surface area contributed by atoms with E-state index in [-0.39, 0.29) is 0 Å². The molecule has 0 aliphatic carbocycles. The van der Waals surface area contributed by atoms with Crippen LogP contribution in [-0.2, 0) is 4.74 Å². The maximum absolute atomic E-state index is 5.39. The zero-order valence-electron chi connectivity index (χ0n) is 8.86. The predicted octanol–water partition coefficient (Wildman–Crippen LogP) is 2.96. The summed E-state index contributed by atoms with van der Waals surface area (Å²) >= 11 is 5.25. The molecule has 0 saturated carbocycles. The summed E-state index contributed by atoms with van der Waals surface area (Å²) in [6.45, 7) is 4.60. The number of aryl methyl sites for hydroxylation is 1. The highest BCUT2D eigenvalue weighted by molar-refractivity contribution is 7.80. The fourth-order valence-electron chi connectivity index (χ4n) is 1.72. The lowest BCUT2D eigenvalue weighted by molar-refractivity contribution is 0.336. The molecule has 0 aromatic carbocycles. The van der Waals surface area contributed by atoms with Crippen LogP contribution in [0.4, 0.5) is 0 Å². The van der Waals surface area contributed by atoms with Gasteiger partial charge in [-0.3, -0.25) is 0 Å². The number of nitrogens with zero attached hydrogens (tertiary/aromatic N) is 1. The fraction of sp³-hybridized carbons (Fsp3) is 0.250. The third-order valence-electron chi connectivity index (χ3n) is 2.34. The molecule has 0 amide bonds. The molecule has 2 rings (SSSR count). The third-order valence-corrected chi connectivity index (χ3v) is 2.65. The third kappa shape index (κ3) is 1.75. The summed E-state index contributed by atoms with van der Waals surface area (Å²) in [7, 11) is 0. The van der Waals surface area contributed by atoms with Crippen LogP contribution in [0.15, 0.2) is 30.5 Å². The number of ether oxygens (including phenoxy) is 1. The standard InChI is InChI=1S/C12H13NOS/c1-3-14-12(15)11-9(2)8-10-6-4-5-7-13(10)11/h4-8H,3H2,1-2H3. The molecule has 2 aromatic heterocycles. The van der Waals surface area contributed by atoms with E-state index in [1.54, 1.807) is 0 Å². The van der Waals surface area contributed by atoms with E-state index in [0.717, 1.165) is 16.8 Å². The van der Waals surface area contributed by atoms with Crippen LogP contribution in [0.3, 0.4) is 0 Å². The van der Waals surface area contributed by atoms with Crippen molar-refractivity contribution in [3.05, 3.63) is 41.7 Å². The lowest BCUT2D eigenvalue weighted by Gasteiger charge is -2.06. The molecule has 15 heavy (non-hydrogen) atoms. The van der Waals surface area contributed by atoms with Crippen LogP contribution in [0.5, 0.6) is 0 Å². The van der Waals surface area contributed by atoms with Gasteiger partial charge in [0.25, 0.3) is 0 Å². The summed E-state index contributed by atoms with van der Waals surface area (Å²) in [5, 5.41) is 0.571. The van der Waals surface area contributed by atoms with Gasteiger partial charge in [-0.15, -0.1) is 0 Å². The van der Waals surface area contributed by atoms with Gasteiger partial charge in [-0.05, 0) is 49.8 Å². The molecule has 0 spiro atoms. The topological polar surface area (TPSA) is 13.6 Å². The Kier molecular flexibility index (Phi) is 2.73. The van der Waals surface area contributed by atoms with Gasteiger partial charge in [0.05, 0.1) is 6.61 Å². The molecule has 2 nitrogen and oxygen atoms in total. The molecule has 0 radical (unpaired) electrons. The Balaban J connectivity index is 2.58. The first kappa shape index (κ1) is 10.2. The van der Waals surface area contributed by atoms with Crippen molar-refractivity contribution in [2.45, 2.75) is 13.8 Å². The predicted molar refractivity (Wildman–Crippen MR) is 65.5 cm³/mol. The lowest BCUT2D eigenvalue weighted by atomic mass is 10.3. The van der Waals surface area contributed by atoms with E-state index in [4.69, 9.17) is 17.0 Å². The summed E-state index contributed by atoms with van der Waals surface area (Å²) in [4.78, 5) is 0. The van der Waals surface area contributed by atoms with E-state index in [1.807, 2.05) is 32.2 Å². The molecule has 2 heterocycles. The maximum Gasteiger partial charge on any atom is 0.208 e. The van der Waals surface area contributed by atoms with E-state index in [0.29, 0.717) is 11.7 Å². The van der Waals surface area contributed by atoms with Crippen LogP contribution >= 0.6 is 12.2 Å². The molecule has 0 saturated heterocycles. The van der Waals surface area contributed by atoms with Gasteiger partial charge in [0.1, 0.15) is 5.69 Å². The van der Waals surface area contributed by atoms with E-state index < -0.39 is 0 Å². The van der Waals surface area contributed by atoms with Crippen molar-refractivity contribution in [1.82, 2.24) is 4.40 Å². The summed E-state index contributed by atoms with van der Waals surface area (Å²) in [6.07, 6.45) is 2.00. The van der Waals surface area contributed by atoms with Crippen molar-refractivity contribution in [3.8, 4) is 0 Å². The van der Waals surface area contributed by atoms with Gasteiger partial charge in [0.15, 0.2) is 0 Å². The minimum Gasteiger partial charge on any atom is -0.482 e. The number of aromatic nitrogens is 1. The minimum atomic E-state index is 0.571. The van der Waals surface area contributed by atoms with Crippen molar-refractivity contribution < 1.29 is 4.74 Å². The first-order valence-corrected chi connectivity index (χ1v) is 5.38. The van der Waals surface area contributed by atoms with Crippen LogP contribution in [-0.4, -0.2) is 16.1 Å². The molecule has 0 unspecified atom stereocenters. The van der Waals surface area contributed by atoms with Crippen LogP contribution in [0.1, 0.15) is 18.2 Å². The average molecular weight is 219 g/mol. The van der Waals surface area contributed by atoms with Gasteiger partial charge in [-0.2, -0.15) is 0 Å². The number of rotatable bonds is 2. The quantitative estimate of drug-likeness (QED) is 0.721. The Labute approximate surface area is 94.5 Å². The average Bonchev–Trinajstić information content (AvgIpc) is 2.54. The number of hydrogen-bond donors (Lipinski definition) is 0. The smallest absolute Gasteiger partial charge is 0.208 e. The highest BCUT2D eigenvalue weighted by atomic mass is 32.1. The number of thiocarbonyl (C=S) groups is 1. The van der Waals surface area contributed by atoms with Gasteiger partial charge in [-0.1, -0.05) is 6.07 Å². The van der Waals surface area contributed by atoms with Crippen molar-refractivity contribution in [1.29, 1.82) is 0 Å². The fourth-order valence-corrected chi connectivity index (χ4v) is 2.09. The normalized spacial score (nSPS) is 10.5. The number of fused-ring (bicyclic) bond motifs is 1. The zero-order valence-corrected chi connectivity index (χ0v) is 9.67. The van der Waals surface area contributed by atoms with E-state index in [9.17, 15) is 0 Å². The van der Waals surface area contributed by atoms with E-state index >= 15 is 0 Å². The Morgan fingerprint density at radius 1 is 1.47 bits per heavy atom. The molecular weight excluding hydrogens is 206 g/mol. The van der Waals surface area contributed by atoms with E-state index in [2.05, 4.69) is 16.5 Å². The lowest BCUT2D eigenvalue weighted by Crippen LogP contribution is -2.07. The van der Waals surface area contributed by atoms with Gasteiger partial charge >= 0.3 is 0 Å². The van der Waals surface area contributed by atoms with Crippen LogP contribution in [0, 0.1) is 6.92 Å². The first-order chi connectivity index (χ1) is 7.24. The largest absolute Gasteiger partial charge is 0.482 e. The van der Waals surface area contributed by atoms with Gasteiger partial charge < -0.3 is 9.14 Å². The molecule has 78 valence electrons. The molecule has 3 heteroatoms. The Morgan fingerprint density at radius 3 is 3.00 bits per heavy atom. The molecule has 0 aliphatic heterocycles. The molecule has 2 aromatic rings. The summed E-state index contributed by atoms with van der Waals surface area (Å²) in [5.74, 6) is 0. The van der Waals surface area contributed by atoms with Gasteiger partial charge in [0, 0.05) is 11.7 Å². The Hall–Kier alpha value is -1.35. The highest BCUT2D eigenvalue weighted by Crippen LogP contribution is 2.17. The second-order valence-electron chi connectivity index (χ2n) is 3.39. The monoisotopic (exact) mass is 219 g/mol. The molecule has 0 atom stereocenters. The van der Waals surface area contributed by atoms with Gasteiger partial charge in [-0.25, -0.2) is 0 Å². The first-order valence-electron chi connectivity index (χ1n) is 4.98. The SMILES string of the molecule is CCOC(=S)c1c(C)cc2ccccn12. The summed E-state index contributed by atoms with van der Waals surface area (Å²) in [6, 6.07) is 8.18. The minimum absolute atomic E-state index is 0.571. The van der Waals surface area contributed by atoms with Crippen molar-refractivity contribution >= 4 is 22.8 Å². The molecule has 0 fully saturated rings. The summed E-state index contributed by atoms with van der Waals surface area (Å²) < 4.78 is 7.45. The molecule has 0 aliphatic rings. The second kappa shape index (κ2) is 4.03. The van der Waals surface area contributed by atoms with Crippen molar-refractivity contribution in [2.75, 3.05) is 6.61 Å². The maximum atomic E-state index is 5.39. The second-order valence-corrected chi connectivity index (χ2v) is 3.76. The number of pyridine rings is 1. The van der Waals surface area contributed by atoms with Crippen LogP contribution in [0.2, 0.25) is 0 Å². The molecular formula is C12H13NOS. The zero-order chi connectivity index (χ0) is 10.8. The Morgan fingerprint density at radius 2 is 2.27 bits per heavy atom. The Bertz CT molecular complexity index is 501. The van der Waals surface area contributed by atoms with Gasteiger partial charge in [0.2, 0.25) is 5.05 Å². The van der Waals surface area contributed by atoms with Crippen molar-refractivity contribution in [3.63, 3.8) is 0 Å². The molecule has 0 bridgehead atoms. The van der Waals surface area contributed by atoms with E-state index in [1.165, 1.54) is 0 Å². The van der Waals surface area contributed by atoms with Crippen LogP contribution < -0.4 is 0 Å². The highest BCUT2D eigenvalue weighted by Gasteiger charge is 2.11. The van der Waals surface area contributed by atoms with Crippen LogP contribution in [0.25, 0.3) is 5.52 Å². The molecule has 0 N–H and O–H groups in total. The van der Waals surface area contributed by atoms with Crippen molar-refractivity contribution in [2.24, 2.45) is 0 Å². The summed E-state index contributed by atoms with van der Waals surface area (Å²) in [5.41, 5.74) is 3.29.